The third-order valence-electron chi connectivity index (χ3n) is 4.50. The van der Waals surface area contributed by atoms with Crippen molar-refractivity contribution in [3.8, 4) is 22.1 Å². The van der Waals surface area contributed by atoms with E-state index in [1.807, 2.05) is 54.6 Å². The number of hydrogen-bond acceptors (Lipinski definition) is 4. The van der Waals surface area contributed by atoms with Crippen molar-refractivity contribution in [3.05, 3.63) is 77.9 Å². The van der Waals surface area contributed by atoms with Crippen LogP contribution in [0.25, 0.3) is 32.9 Å². The largest absolute Gasteiger partial charge is 0.497 e. The Morgan fingerprint density at radius 3 is 2.10 bits per heavy atom. The van der Waals surface area contributed by atoms with Gasteiger partial charge in [-0.3, -0.25) is 0 Å². The number of aromatic nitrogens is 1. The van der Waals surface area contributed by atoms with Gasteiger partial charge in [0.05, 0.1) is 17.3 Å². The van der Waals surface area contributed by atoms with Crippen LogP contribution in [-0.2, 0) is 0 Å². The first kappa shape index (κ1) is 20.9. The molecule has 0 atom stereocenters. The summed E-state index contributed by atoms with van der Waals surface area (Å²) in [6.07, 6.45) is -0.506. The summed E-state index contributed by atoms with van der Waals surface area (Å²) < 4.78 is 47.7. The summed E-state index contributed by atoms with van der Waals surface area (Å²) in [4.78, 5) is 4.68. The number of halogens is 3. The minimum Gasteiger partial charge on any atom is -0.497 e. The van der Waals surface area contributed by atoms with Crippen LogP contribution in [0.2, 0.25) is 0 Å². The summed E-state index contributed by atoms with van der Waals surface area (Å²) in [7, 11) is 1.64. The quantitative estimate of drug-likeness (QED) is 0.300. The predicted octanol–water partition coefficient (Wildman–Crippen LogP) is 7.08. The Morgan fingerprint density at radius 2 is 1.48 bits per heavy atom. The molecule has 0 radical (unpaired) electrons. The molecule has 0 fully saturated rings. The fourth-order valence-corrected chi connectivity index (χ4v) is 3.92. The Bertz CT molecular complexity index is 1200. The van der Waals surface area contributed by atoms with E-state index in [9.17, 15) is 13.2 Å². The highest BCUT2D eigenvalue weighted by atomic mass is 32.1. The molecular weight excluding hydrogens is 423 g/mol. The van der Waals surface area contributed by atoms with Crippen LogP contribution in [0.3, 0.4) is 0 Å². The number of alkyl halides is 3. The second-order valence-electron chi connectivity index (χ2n) is 6.78. The number of nitrogens with zero attached hydrogens (tertiary/aromatic N) is 1. The van der Waals surface area contributed by atoms with Gasteiger partial charge in [0.25, 0.3) is 0 Å². The van der Waals surface area contributed by atoms with Crippen molar-refractivity contribution in [3.63, 3.8) is 0 Å². The van der Waals surface area contributed by atoms with Crippen molar-refractivity contribution in [2.75, 3.05) is 13.7 Å². The topological polar surface area (TPSA) is 31.4 Å². The summed E-state index contributed by atoms with van der Waals surface area (Å²) in [6.45, 7) is -1.29. The van der Waals surface area contributed by atoms with Crippen LogP contribution in [0.5, 0.6) is 11.5 Å². The molecule has 4 rings (SSSR count). The first-order valence-electron chi connectivity index (χ1n) is 9.42. The molecule has 31 heavy (non-hydrogen) atoms. The van der Waals surface area contributed by atoms with E-state index in [1.54, 1.807) is 30.6 Å². The molecule has 0 bridgehead atoms. The molecule has 0 aliphatic carbocycles. The predicted molar refractivity (Wildman–Crippen MR) is 119 cm³/mol. The lowest BCUT2D eigenvalue weighted by Crippen LogP contribution is -2.19. The maximum Gasteiger partial charge on any atom is 0.422 e. The van der Waals surface area contributed by atoms with Crippen LogP contribution in [0, 0.1) is 0 Å². The van der Waals surface area contributed by atoms with Crippen molar-refractivity contribution in [2.24, 2.45) is 0 Å². The van der Waals surface area contributed by atoms with Crippen molar-refractivity contribution in [1.29, 1.82) is 0 Å². The zero-order valence-corrected chi connectivity index (χ0v) is 17.3. The van der Waals surface area contributed by atoms with Gasteiger partial charge < -0.3 is 9.47 Å². The van der Waals surface area contributed by atoms with Crippen molar-refractivity contribution in [2.45, 2.75) is 6.18 Å². The number of rotatable bonds is 6. The third kappa shape index (κ3) is 5.44. The van der Waals surface area contributed by atoms with Gasteiger partial charge in [0.15, 0.2) is 6.61 Å². The number of hydrogen-bond donors (Lipinski definition) is 0. The molecule has 4 aromatic rings. The van der Waals surface area contributed by atoms with E-state index in [0.29, 0.717) is 0 Å². The van der Waals surface area contributed by atoms with Crippen molar-refractivity contribution < 1.29 is 22.6 Å². The molecular formula is C24H18F3NO2S. The average molecular weight is 441 g/mol. The third-order valence-corrected chi connectivity index (χ3v) is 5.57. The number of methoxy groups -OCH3 is 1. The maximum absolute atomic E-state index is 12.2. The Morgan fingerprint density at radius 1 is 0.871 bits per heavy atom. The normalized spacial score (nSPS) is 11.9. The highest BCUT2D eigenvalue weighted by Crippen LogP contribution is 2.32. The molecule has 7 heteroatoms. The lowest BCUT2D eigenvalue weighted by atomic mass is 10.1. The lowest BCUT2D eigenvalue weighted by molar-refractivity contribution is -0.153. The van der Waals surface area contributed by atoms with Crippen LogP contribution in [-0.4, -0.2) is 24.9 Å². The fraction of sp³-hybridized carbons (Fsp3) is 0.125. The Balaban J connectivity index is 1.43. The molecule has 0 spiro atoms. The molecule has 1 aromatic heterocycles. The molecule has 0 saturated carbocycles. The Kier molecular flexibility index (Phi) is 5.95. The van der Waals surface area contributed by atoms with Crippen LogP contribution < -0.4 is 9.47 Å². The van der Waals surface area contributed by atoms with E-state index in [0.717, 1.165) is 37.7 Å². The van der Waals surface area contributed by atoms with Gasteiger partial charge in [-0.05, 0) is 41.5 Å². The van der Waals surface area contributed by atoms with Gasteiger partial charge in [-0.2, -0.15) is 13.2 Å². The van der Waals surface area contributed by atoms with Crippen LogP contribution in [0.1, 0.15) is 11.1 Å². The molecule has 1 heterocycles. The Labute approximate surface area is 181 Å². The zero-order chi connectivity index (χ0) is 21.8. The smallest absolute Gasteiger partial charge is 0.422 e. The van der Waals surface area contributed by atoms with Crippen LogP contribution in [0.4, 0.5) is 13.2 Å². The van der Waals surface area contributed by atoms with E-state index in [1.165, 1.54) is 12.1 Å². The van der Waals surface area contributed by atoms with E-state index in [2.05, 4.69) is 4.98 Å². The summed E-state index contributed by atoms with van der Waals surface area (Å²) in [5.74, 6) is 0.996. The van der Waals surface area contributed by atoms with E-state index >= 15 is 0 Å². The first-order chi connectivity index (χ1) is 14.9. The number of thiazole rings is 1. The second kappa shape index (κ2) is 8.81. The number of ether oxygens (including phenoxy) is 2. The minimum atomic E-state index is -4.34. The maximum atomic E-state index is 12.2. The molecule has 3 nitrogen and oxygen atoms in total. The van der Waals surface area contributed by atoms with Gasteiger partial charge in [-0.15, -0.1) is 11.3 Å². The van der Waals surface area contributed by atoms with Crippen LogP contribution in [0.15, 0.2) is 66.7 Å². The SMILES string of the molecule is COc1ccc2nc(-c3ccc(/C=C/c4ccc(OCC(F)(F)F)cc4)cc3)sc2c1. The molecule has 0 aliphatic rings. The van der Waals surface area contributed by atoms with Gasteiger partial charge >= 0.3 is 6.18 Å². The van der Waals surface area contributed by atoms with Crippen molar-refractivity contribution >= 4 is 33.7 Å². The lowest BCUT2D eigenvalue weighted by Gasteiger charge is -2.08. The summed E-state index contributed by atoms with van der Waals surface area (Å²) in [5.41, 5.74) is 3.84. The van der Waals surface area contributed by atoms with Gasteiger partial charge in [0.2, 0.25) is 0 Å². The monoisotopic (exact) mass is 441 g/mol. The average Bonchev–Trinajstić information content (AvgIpc) is 3.20. The zero-order valence-electron chi connectivity index (χ0n) is 16.5. The van der Waals surface area contributed by atoms with Crippen LogP contribution >= 0.6 is 11.3 Å². The first-order valence-corrected chi connectivity index (χ1v) is 10.2. The van der Waals surface area contributed by atoms with Gasteiger partial charge in [0.1, 0.15) is 16.5 Å². The number of benzene rings is 3. The molecule has 158 valence electrons. The molecule has 3 aromatic carbocycles. The number of fused-ring (bicyclic) bond motifs is 1. The molecule has 0 amide bonds. The summed E-state index contributed by atoms with van der Waals surface area (Å²) in [5, 5.41) is 0.938. The summed E-state index contributed by atoms with van der Waals surface area (Å²) in [6, 6.07) is 20.3. The highest BCUT2D eigenvalue weighted by Gasteiger charge is 2.28. The van der Waals surface area contributed by atoms with Gasteiger partial charge in [-0.25, -0.2) is 4.98 Å². The molecule has 0 saturated heterocycles. The van der Waals surface area contributed by atoms with Gasteiger partial charge in [-0.1, -0.05) is 48.6 Å². The standard InChI is InChI=1S/C24H18F3NO2S/c1-29-20-12-13-21-22(14-20)31-23(28-21)18-8-4-16(5-9-18)2-3-17-6-10-19(11-7-17)30-15-24(25,26)27/h2-14H,15H2,1H3/b3-2+. The molecule has 0 N–H and O–H groups in total. The Hall–Kier alpha value is -3.32. The highest BCUT2D eigenvalue weighted by molar-refractivity contribution is 7.21. The van der Waals surface area contributed by atoms with Gasteiger partial charge in [0, 0.05) is 5.56 Å². The summed E-state index contributed by atoms with van der Waals surface area (Å²) >= 11 is 1.61. The molecule has 0 aliphatic heterocycles. The second-order valence-corrected chi connectivity index (χ2v) is 7.81. The minimum absolute atomic E-state index is 0.187. The molecule has 0 unspecified atom stereocenters. The van der Waals surface area contributed by atoms with E-state index in [4.69, 9.17) is 9.47 Å². The van der Waals surface area contributed by atoms with E-state index in [-0.39, 0.29) is 5.75 Å². The van der Waals surface area contributed by atoms with E-state index < -0.39 is 12.8 Å². The fourth-order valence-electron chi connectivity index (χ4n) is 2.92. The van der Waals surface area contributed by atoms with Crippen molar-refractivity contribution in [1.82, 2.24) is 4.98 Å².